The molecule has 0 saturated carbocycles. The Bertz CT molecular complexity index is 1340. The van der Waals surface area contributed by atoms with Gasteiger partial charge in [-0.1, -0.05) is 23.7 Å². The van der Waals surface area contributed by atoms with Crippen molar-refractivity contribution in [1.82, 2.24) is 9.73 Å². The molecule has 0 aromatic heterocycles. The zero-order valence-corrected chi connectivity index (χ0v) is 21.8. The summed E-state index contributed by atoms with van der Waals surface area (Å²) in [6.45, 7) is -0.718. The molecule has 0 aliphatic rings. The molecule has 0 heterocycles. The Morgan fingerprint density at radius 3 is 2.14 bits per heavy atom. The van der Waals surface area contributed by atoms with Crippen LogP contribution in [0.3, 0.4) is 0 Å². The lowest BCUT2D eigenvalue weighted by atomic mass is 10.2. The first-order valence-corrected chi connectivity index (χ1v) is 12.6. The topological polar surface area (TPSA) is 107 Å². The molecular formula is C25H25ClFN3O6S. The molecule has 0 radical (unpaired) electrons. The lowest BCUT2D eigenvalue weighted by Gasteiger charge is -2.21. The zero-order valence-electron chi connectivity index (χ0n) is 20.3. The molecule has 0 spiro atoms. The quantitative estimate of drug-likeness (QED) is 0.288. The van der Waals surface area contributed by atoms with Gasteiger partial charge in [0.25, 0.3) is 5.91 Å². The van der Waals surface area contributed by atoms with E-state index < -0.39 is 28.3 Å². The highest BCUT2D eigenvalue weighted by atomic mass is 35.5. The van der Waals surface area contributed by atoms with Gasteiger partial charge in [0.05, 0.1) is 39.0 Å². The molecule has 3 aromatic rings. The maximum absolute atomic E-state index is 13.3. The highest BCUT2D eigenvalue weighted by molar-refractivity contribution is 7.89. The minimum atomic E-state index is -4.10. The first kappa shape index (κ1) is 27.9. The van der Waals surface area contributed by atoms with Gasteiger partial charge in [-0.2, -0.15) is 9.41 Å². The highest BCUT2D eigenvalue weighted by Crippen LogP contribution is 2.37. The zero-order chi connectivity index (χ0) is 27.0. The third kappa shape index (κ3) is 7.19. The van der Waals surface area contributed by atoms with Gasteiger partial charge in [-0.3, -0.25) is 4.79 Å². The number of sulfonamides is 1. The fraction of sp³-hybridized carbons (Fsp3) is 0.200. The minimum absolute atomic E-state index is 0.0484. The Labute approximate surface area is 219 Å². The predicted molar refractivity (Wildman–Crippen MR) is 137 cm³/mol. The SMILES string of the molecule is COc1cc(/C=N\NC(=O)CN(Cc2ccc(F)cc2)S(=O)(=O)c2ccc(Cl)cc2)cc(OC)c1OC. The number of nitrogens with one attached hydrogen (secondary N) is 1. The van der Waals surface area contributed by atoms with E-state index in [0.717, 1.165) is 4.31 Å². The van der Waals surface area contributed by atoms with Crippen LogP contribution in [0.4, 0.5) is 4.39 Å². The number of carbonyl (C=O) groups excluding carboxylic acids is 1. The van der Waals surface area contributed by atoms with Crippen molar-refractivity contribution in [1.29, 1.82) is 0 Å². The molecule has 37 heavy (non-hydrogen) atoms. The van der Waals surface area contributed by atoms with Crippen molar-refractivity contribution in [3.8, 4) is 17.2 Å². The van der Waals surface area contributed by atoms with E-state index in [4.69, 9.17) is 25.8 Å². The second-order valence-corrected chi connectivity index (χ2v) is 9.98. The van der Waals surface area contributed by atoms with Crippen molar-refractivity contribution in [3.05, 3.63) is 82.6 Å². The van der Waals surface area contributed by atoms with Crippen LogP contribution in [0.1, 0.15) is 11.1 Å². The lowest BCUT2D eigenvalue weighted by Crippen LogP contribution is -2.39. The monoisotopic (exact) mass is 549 g/mol. The molecule has 0 unspecified atom stereocenters. The fourth-order valence-corrected chi connectivity index (χ4v) is 4.84. The smallest absolute Gasteiger partial charge is 0.255 e. The summed E-state index contributed by atoms with van der Waals surface area (Å²) < 4.78 is 56.8. The molecule has 0 bridgehead atoms. The summed E-state index contributed by atoms with van der Waals surface area (Å²) in [5.41, 5.74) is 3.35. The van der Waals surface area contributed by atoms with Crippen LogP contribution in [0.5, 0.6) is 17.2 Å². The Hall–Kier alpha value is -3.67. The van der Waals surface area contributed by atoms with E-state index in [1.165, 1.54) is 76.1 Å². The lowest BCUT2D eigenvalue weighted by molar-refractivity contribution is -0.121. The molecule has 0 atom stereocenters. The first-order chi connectivity index (χ1) is 17.7. The Kier molecular flexibility index (Phi) is 9.45. The Morgan fingerprint density at radius 1 is 1.00 bits per heavy atom. The summed E-state index contributed by atoms with van der Waals surface area (Å²) >= 11 is 5.89. The van der Waals surface area contributed by atoms with Gasteiger partial charge in [-0.05, 0) is 54.1 Å². The van der Waals surface area contributed by atoms with Gasteiger partial charge < -0.3 is 14.2 Å². The molecule has 0 fully saturated rings. The van der Waals surface area contributed by atoms with Crippen molar-refractivity contribution in [2.75, 3.05) is 27.9 Å². The van der Waals surface area contributed by atoms with Crippen molar-refractivity contribution in [2.24, 2.45) is 5.10 Å². The van der Waals surface area contributed by atoms with Gasteiger partial charge in [0, 0.05) is 17.1 Å². The normalized spacial score (nSPS) is 11.5. The van der Waals surface area contributed by atoms with Gasteiger partial charge in [-0.15, -0.1) is 0 Å². The van der Waals surface area contributed by atoms with E-state index in [0.29, 0.717) is 33.4 Å². The molecule has 12 heteroatoms. The van der Waals surface area contributed by atoms with Gasteiger partial charge in [-0.25, -0.2) is 18.2 Å². The van der Waals surface area contributed by atoms with Crippen LogP contribution in [0.2, 0.25) is 5.02 Å². The van der Waals surface area contributed by atoms with Crippen LogP contribution >= 0.6 is 11.6 Å². The number of amides is 1. The van der Waals surface area contributed by atoms with Crippen molar-refractivity contribution < 1.29 is 31.8 Å². The second-order valence-electron chi connectivity index (χ2n) is 7.61. The summed E-state index contributed by atoms with van der Waals surface area (Å²) in [4.78, 5) is 12.6. The number of benzene rings is 3. The molecule has 3 rings (SSSR count). The standard InChI is InChI=1S/C25H25ClFN3O6S/c1-34-22-12-18(13-23(35-2)25(22)36-3)14-28-29-24(31)16-30(15-17-4-8-20(27)9-5-17)37(32,33)21-10-6-19(26)7-11-21/h4-14H,15-16H2,1-3H3,(H,29,31)/b28-14-. The van der Waals surface area contributed by atoms with E-state index in [1.807, 2.05) is 0 Å². The molecular weight excluding hydrogens is 525 g/mol. The summed E-state index contributed by atoms with van der Waals surface area (Å²) in [5, 5.41) is 4.28. The number of hydrogen-bond donors (Lipinski definition) is 1. The number of hydrazone groups is 1. The number of methoxy groups -OCH3 is 3. The average Bonchev–Trinajstić information content (AvgIpc) is 2.89. The third-order valence-electron chi connectivity index (χ3n) is 5.13. The maximum atomic E-state index is 13.3. The summed E-state index contributed by atoms with van der Waals surface area (Å²) in [7, 11) is 0.312. The molecule has 0 aliphatic carbocycles. The molecule has 9 nitrogen and oxygen atoms in total. The van der Waals surface area contributed by atoms with Crippen molar-refractivity contribution in [3.63, 3.8) is 0 Å². The molecule has 3 aromatic carbocycles. The number of nitrogens with zero attached hydrogens (tertiary/aromatic N) is 2. The van der Waals surface area contributed by atoms with Gasteiger partial charge in [0.15, 0.2) is 11.5 Å². The molecule has 0 aliphatic heterocycles. The third-order valence-corrected chi connectivity index (χ3v) is 7.19. The second kappa shape index (κ2) is 12.5. The highest BCUT2D eigenvalue weighted by Gasteiger charge is 2.27. The summed E-state index contributed by atoms with van der Waals surface area (Å²) in [5.74, 6) is 0.0383. The van der Waals surface area contributed by atoms with E-state index in [9.17, 15) is 17.6 Å². The largest absolute Gasteiger partial charge is 0.493 e. The van der Waals surface area contributed by atoms with E-state index >= 15 is 0 Å². The predicted octanol–water partition coefficient (Wildman–Crippen LogP) is 3.85. The van der Waals surface area contributed by atoms with Crippen LogP contribution < -0.4 is 19.6 Å². The molecule has 1 amide bonds. The van der Waals surface area contributed by atoms with E-state index in [-0.39, 0.29) is 11.4 Å². The molecule has 196 valence electrons. The van der Waals surface area contributed by atoms with Gasteiger partial charge in [0.2, 0.25) is 15.8 Å². The van der Waals surface area contributed by atoms with Crippen molar-refractivity contribution >= 4 is 33.7 Å². The van der Waals surface area contributed by atoms with Gasteiger partial charge >= 0.3 is 0 Å². The van der Waals surface area contributed by atoms with E-state index in [1.54, 1.807) is 12.1 Å². The van der Waals surface area contributed by atoms with Crippen molar-refractivity contribution in [2.45, 2.75) is 11.4 Å². The fourth-order valence-electron chi connectivity index (χ4n) is 3.33. The minimum Gasteiger partial charge on any atom is -0.493 e. The first-order valence-electron chi connectivity index (χ1n) is 10.8. The van der Waals surface area contributed by atoms with Crippen LogP contribution in [-0.2, 0) is 21.4 Å². The van der Waals surface area contributed by atoms with Crippen LogP contribution in [0.25, 0.3) is 0 Å². The molecule has 0 saturated heterocycles. The van der Waals surface area contributed by atoms with E-state index in [2.05, 4.69) is 10.5 Å². The number of hydrogen-bond acceptors (Lipinski definition) is 7. The Balaban J connectivity index is 1.80. The van der Waals surface area contributed by atoms with Gasteiger partial charge in [0.1, 0.15) is 5.82 Å². The molecule has 1 N–H and O–H groups in total. The Morgan fingerprint density at radius 2 is 1.59 bits per heavy atom. The van der Waals surface area contributed by atoms with Crippen LogP contribution in [-0.4, -0.2) is 52.7 Å². The number of carbonyl (C=O) groups is 1. The number of ether oxygens (including phenoxy) is 3. The maximum Gasteiger partial charge on any atom is 0.255 e. The van der Waals surface area contributed by atoms with Crippen LogP contribution in [0, 0.1) is 5.82 Å². The average molecular weight is 550 g/mol. The summed E-state index contributed by atoms with van der Waals surface area (Å²) in [6, 6.07) is 14.1. The summed E-state index contributed by atoms with van der Waals surface area (Å²) in [6.07, 6.45) is 1.35. The van der Waals surface area contributed by atoms with Crippen LogP contribution in [0.15, 0.2) is 70.7 Å². The number of rotatable bonds is 11. The number of halogens is 2.